The van der Waals surface area contributed by atoms with Gasteiger partial charge < -0.3 is 10.1 Å². The standard InChI is InChI=1S/C21H19N3O3/c1-13-19(24-18-5-3-2-4-17(18)22-13)12-27-21(26)15-8-10-16(11-9-15)23-20(25)14-6-7-14/h2-5,8-11,14H,6-7,12H2,1H3,(H,23,25). The summed E-state index contributed by atoms with van der Waals surface area (Å²) in [5.74, 6) is -0.263. The molecule has 1 heterocycles. The third-order valence-electron chi connectivity index (χ3n) is 4.52. The van der Waals surface area contributed by atoms with E-state index in [1.54, 1.807) is 24.3 Å². The van der Waals surface area contributed by atoms with Crippen molar-refractivity contribution in [1.82, 2.24) is 9.97 Å². The first kappa shape index (κ1) is 17.1. The van der Waals surface area contributed by atoms with Crippen LogP contribution in [-0.2, 0) is 16.1 Å². The first-order chi connectivity index (χ1) is 13.1. The van der Waals surface area contributed by atoms with Crippen LogP contribution in [0.3, 0.4) is 0 Å². The predicted octanol–water partition coefficient (Wildman–Crippen LogP) is 3.64. The van der Waals surface area contributed by atoms with Crippen molar-refractivity contribution < 1.29 is 14.3 Å². The van der Waals surface area contributed by atoms with Gasteiger partial charge in [-0.2, -0.15) is 0 Å². The lowest BCUT2D eigenvalue weighted by Gasteiger charge is -2.09. The smallest absolute Gasteiger partial charge is 0.338 e. The molecule has 3 aromatic rings. The van der Waals surface area contributed by atoms with Crippen LogP contribution in [0.25, 0.3) is 11.0 Å². The average molecular weight is 361 g/mol. The molecule has 2 aromatic carbocycles. The second-order valence-corrected chi connectivity index (χ2v) is 6.66. The van der Waals surface area contributed by atoms with E-state index in [2.05, 4.69) is 15.3 Å². The van der Waals surface area contributed by atoms with Gasteiger partial charge >= 0.3 is 5.97 Å². The lowest BCUT2D eigenvalue weighted by atomic mass is 10.2. The van der Waals surface area contributed by atoms with E-state index >= 15 is 0 Å². The molecule has 1 aromatic heterocycles. The summed E-state index contributed by atoms with van der Waals surface area (Å²) >= 11 is 0. The molecule has 1 N–H and O–H groups in total. The molecule has 1 amide bonds. The Morgan fingerprint density at radius 1 is 1.04 bits per heavy atom. The number of aryl methyl sites for hydroxylation is 1. The van der Waals surface area contributed by atoms with E-state index in [1.165, 1.54) is 0 Å². The summed E-state index contributed by atoms with van der Waals surface area (Å²) in [5.41, 5.74) is 4.05. The molecule has 6 nitrogen and oxygen atoms in total. The van der Waals surface area contributed by atoms with Crippen molar-refractivity contribution in [2.24, 2.45) is 5.92 Å². The van der Waals surface area contributed by atoms with Gasteiger partial charge in [0.15, 0.2) is 0 Å². The Hall–Kier alpha value is -3.28. The van der Waals surface area contributed by atoms with Crippen molar-refractivity contribution in [3.8, 4) is 0 Å². The molecule has 0 atom stereocenters. The van der Waals surface area contributed by atoms with Crippen LogP contribution in [0.2, 0.25) is 0 Å². The second-order valence-electron chi connectivity index (χ2n) is 6.66. The van der Waals surface area contributed by atoms with Crippen molar-refractivity contribution >= 4 is 28.6 Å². The first-order valence-corrected chi connectivity index (χ1v) is 8.90. The molecular formula is C21H19N3O3. The molecule has 0 bridgehead atoms. The maximum Gasteiger partial charge on any atom is 0.338 e. The fraction of sp³-hybridized carbons (Fsp3) is 0.238. The minimum atomic E-state index is -0.440. The van der Waals surface area contributed by atoms with Crippen LogP contribution in [0, 0.1) is 12.8 Å². The monoisotopic (exact) mass is 361 g/mol. The summed E-state index contributed by atoms with van der Waals surface area (Å²) < 4.78 is 5.38. The molecule has 27 heavy (non-hydrogen) atoms. The Balaban J connectivity index is 1.40. The summed E-state index contributed by atoms with van der Waals surface area (Å²) in [5, 5.41) is 2.84. The number of nitrogens with zero attached hydrogens (tertiary/aromatic N) is 2. The summed E-state index contributed by atoms with van der Waals surface area (Å²) in [6, 6.07) is 14.3. The van der Waals surface area contributed by atoms with Gasteiger partial charge in [-0.3, -0.25) is 4.79 Å². The largest absolute Gasteiger partial charge is 0.456 e. The van der Waals surface area contributed by atoms with E-state index < -0.39 is 5.97 Å². The SMILES string of the molecule is Cc1nc2ccccc2nc1COC(=O)c1ccc(NC(=O)C2CC2)cc1. The van der Waals surface area contributed by atoms with Gasteiger partial charge in [0.1, 0.15) is 6.61 Å². The van der Waals surface area contributed by atoms with E-state index in [-0.39, 0.29) is 18.4 Å². The van der Waals surface area contributed by atoms with E-state index in [9.17, 15) is 9.59 Å². The molecule has 0 saturated heterocycles. The molecule has 1 aliphatic rings. The second kappa shape index (κ2) is 7.15. The highest BCUT2D eigenvalue weighted by Gasteiger charge is 2.29. The van der Waals surface area contributed by atoms with Gasteiger partial charge in [0.05, 0.1) is 28.0 Å². The number of carbonyl (C=O) groups excluding carboxylic acids is 2. The van der Waals surface area contributed by atoms with Crippen molar-refractivity contribution in [2.45, 2.75) is 26.4 Å². The minimum Gasteiger partial charge on any atom is -0.456 e. The lowest BCUT2D eigenvalue weighted by molar-refractivity contribution is -0.117. The molecule has 0 spiro atoms. The van der Waals surface area contributed by atoms with Crippen LogP contribution in [0.4, 0.5) is 5.69 Å². The summed E-state index contributed by atoms with van der Waals surface area (Å²) in [7, 11) is 0. The Labute approximate surface area is 156 Å². The van der Waals surface area contributed by atoms with E-state index in [4.69, 9.17) is 4.74 Å². The zero-order valence-electron chi connectivity index (χ0n) is 14.9. The zero-order valence-corrected chi connectivity index (χ0v) is 14.9. The summed E-state index contributed by atoms with van der Waals surface area (Å²) in [4.78, 5) is 33.1. The van der Waals surface area contributed by atoms with Gasteiger partial charge in [0.2, 0.25) is 5.91 Å². The lowest BCUT2D eigenvalue weighted by Crippen LogP contribution is -2.13. The van der Waals surface area contributed by atoms with E-state index in [0.717, 1.165) is 29.6 Å². The third-order valence-corrected chi connectivity index (χ3v) is 4.52. The van der Waals surface area contributed by atoms with E-state index in [0.29, 0.717) is 16.9 Å². The normalized spacial score (nSPS) is 13.4. The average Bonchev–Trinajstić information content (AvgIpc) is 3.52. The number of carbonyl (C=O) groups is 2. The Morgan fingerprint density at radius 2 is 1.70 bits per heavy atom. The van der Waals surface area contributed by atoms with Crippen LogP contribution in [0.15, 0.2) is 48.5 Å². The quantitative estimate of drug-likeness (QED) is 0.702. The Bertz CT molecular complexity index is 1010. The highest BCUT2D eigenvalue weighted by atomic mass is 16.5. The number of ether oxygens (including phenoxy) is 1. The number of fused-ring (bicyclic) bond motifs is 1. The molecule has 1 fully saturated rings. The Kier molecular flexibility index (Phi) is 4.54. The molecule has 6 heteroatoms. The number of benzene rings is 2. The summed E-state index contributed by atoms with van der Waals surface area (Å²) in [6.45, 7) is 1.91. The highest BCUT2D eigenvalue weighted by Crippen LogP contribution is 2.30. The van der Waals surface area contributed by atoms with Crippen LogP contribution < -0.4 is 5.32 Å². The molecular weight excluding hydrogens is 342 g/mol. The highest BCUT2D eigenvalue weighted by molar-refractivity contribution is 5.95. The van der Waals surface area contributed by atoms with Gasteiger partial charge in [0.25, 0.3) is 0 Å². The van der Waals surface area contributed by atoms with Crippen LogP contribution in [0.5, 0.6) is 0 Å². The zero-order chi connectivity index (χ0) is 18.8. The van der Waals surface area contributed by atoms with Crippen molar-refractivity contribution in [2.75, 3.05) is 5.32 Å². The van der Waals surface area contributed by atoms with Crippen molar-refractivity contribution in [1.29, 1.82) is 0 Å². The van der Waals surface area contributed by atoms with Gasteiger partial charge in [0, 0.05) is 11.6 Å². The number of amides is 1. The number of rotatable bonds is 5. The number of aromatic nitrogens is 2. The molecule has 136 valence electrons. The number of anilines is 1. The van der Waals surface area contributed by atoms with Crippen LogP contribution in [-0.4, -0.2) is 21.8 Å². The fourth-order valence-corrected chi connectivity index (χ4v) is 2.76. The maximum atomic E-state index is 12.3. The minimum absolute atomic E-state index is 0.0377. The first-order valence-electron chi connectivity index (χ1n) is 8.90. The fourth-order valence-electron chi connectivity index (χ4n) is 2.76. The summed E-state index contributed by atoms with van der Waals surface area (Å²) in [6.07, 6.45) is 1.90. The third kappa shape index (κ3) is 3.95. The molecule has 1 saturated carbocycles. The van der Waals surface area contributed by atoms with Crippen molar-refractivity contribution in [3.63, 3.8) is 0 Å². The molecule has 0 unspecified atom stereocenters. The van der Waals surface area contributed by atoms with Gasteiger partial charge in [-0.05, 0) is 56.2 Å². The Morgan fingerprint density at radius 3 is 2.37 bits per heavy atom. The number of hydrogen-bond donors (Lipinski definition) is 1. The predicted molar refractivity (Wildman–Crippen MR) is 101 cm³/mol. The van der Waals surface area contributed by atoms with E-state index in [1.807, 2.05) is 31.2 Å². The number of hydrogen-bond acceptors (Lipinski definition) is 5. The molecule has 4 rings (SSSR count). The topological polar surface area (TPSA) is 81.2 Å². The van der Waals surface area contributed by atoms with Gasteiger partial charge in [-0.15, -0.1) is 0 Å². The number of nitrogens with one attached hydrogen (secondary N) is 1. The molecule has 0 radical (unpaired) electrons. The van der Waals surface area contributed by atoms with Crippen molar-refractivity contribution in [3.05, 3.63) is 65.5 Å². The van der Waals surface area contributed by atoms with Crippen LogP contribution in [0.1, 0.15) is 34.6 Å². The van der Waals surface area contributed by atoms with Gasteiger partial charge in [-0.25, -0.2) is 14.8 Å². The molecule has 1 aliphatic carbocycles. The van der Waals surface area contributed by atoms with Gasteiger partial charge in [-0.1, -0.05) is 12.1 Å². The molecule has 0 aliphatic heterocycles. The number of esters is 1. The number of para-hydroxylation sites is 2. The van der Waals surface area contributed by atoms with Crippen LogP contribution >= 0.6 is 0 Å². The maximum absolute atomic E-state index is 12.3.